The van der Waals surface area contributed by atoms with Crippen LogP contribution >= 0.6 is 0 Å². The first kappa shape index (κ1) is 11.2. The van der Waals surface area contributed by atoms with Gasteiger partial charge in [0.2, 0.25) is 0 Å². The number of hydrogen-bond donors (Lipinski definition) is 1. The third kappa shape index (κ3) is 3.05. The molecule has 0 fully saturated rings. The second kappa shape index (κ2) is 3.72. The molecule has 0 spiro atoms. The Balaban J connectivity index is 4.24. The summed E-state index contributed by atoms with van der Waals surface area (Å²) < 4.78 is 5.26. The minimum absolute atomic E-state index is 0.226. The molecule has 0 aliphatic rings. The summed E-state index contributed by atoms with van der Waals surface area (Å²) in [5, 5.41) is 8.72. The quantitative estimate of drug-likeness (QED) is 0.658. The predicted octanol–water partition coefficient (Wildman–Crippen LogP) is 1.83. The van der Waals surface area contributed by atoms with Crippen LogP contribution in [-0.2, 0) is 9.53 Å². The van der Waals surface area contributed by atoms with E-state index >= 15 is 0 Å². The van der Waals surface area contributed by atoms with Crippen LogP contribution in [0.1, 0.15) is 27.7 Å². The summed E-state index contributed by atoms with van der Waals surface area (Å²) in [4.78, 5) is 10.6. The van der Waals surface area contributed by atoms with Gasteiger partial charge in [0.05, 0.1) is 6.10 Å². The van der Waals surface area contributed by atoms with Crippen LogP contribution in [0.2, 0.25) is 0 Å². The Labute approximate surface area is 73.0 Å². The zero-order chi connectivity index (χ0) is 9.94. The molecule has 1 N–H and O–H groups in total. The highest BCUT2D eigenvalue weighted by Crippen LogP contribution is 2.15. The lowest BCUT2D eigenvalue weighted by Crippen LogP contribution is -2.38. The summed E-state index contributed by atoms with van der Waals surface area (Å²) in [6, 6.07) is 0. The van der Waals surface area contributed by atoms with Crippen LogP contribution in [0.4, 0.5) is 0 Å². The van der Waals surface area contributed by atoms with E-state index in [1.54, 1.807) is 6.92 Å². The standard InChI is InChI=1S/C9H16O3/c1-6(2)7(3)12-9(4,5)8(10)11/h7H,1H2,2-5H3,(H,10,11). The van der Waals surface area contributed by atoms with Crippen molar-refractivity contribution in [2.24, 2.45) is 0 Å². The number of rotatable bonds is 4. The molecule has 0 saturated heterocycles. The lowest BCUT2D eigenvalue weighted by molar-refractivity contribution is -0.164. The van der Waals surface area contributed by atoms with Crippen molar-refractivity contribution in [1.29, 1.82) is 0 Å². The van der Waals surface area contributed by atoms with E-state index in [9.17, 15) is 4.79 Å². The number of ether oxygens (including phenoxy) is 1. The van der Waals surface area contributed by atoms with Crippen LogP contribution in [0, 0.1) is 0 Å². The normalized spacial score (nSPS) is 14.0. The van der Waals surface area contributed by atoms with E-state index < -0.39 is 11.6 Å². The molecule has 0 aliphatic heterocycles. The van der Waals surface area contributed by atoms with Crippen molar-refractivity contribution in [2.75, 3.05) is 0 Å². The number of carbonyl (C=O) groups is 1. The molecule has 0 bridgehead atoms. The van der Waals surface area contributed by atoms with E-state index in [-0.39, 0.29) is 6.10 Å². The molecule has 0 aliphatic carbocycles. The van der Waals surface area contributed by atoms with Crippen LogP contribution in [0.25, 0.3) is 0 Å². The zero-order valence-electron chi connectivity index (χ0n) is 8.05. The first-order valence-corrected chi connectivity index (χ1v) is 3.84. The van der Waals surface area contributed by atoms with Crippen LogP contribution in [0.3, 0.4) is 0 Å². The van der Waals surface area contributed by atoms with Crippen LogP contribution in [0.5, 0.6) is 0 Å². The molecule has 0 radical (unpaired) electrons. The molecule has 0 rings (SSSR count). The van der Waals surface area contributed by atoms with Gasteiger partial charge in [-0.2, -0.15) is 0 Å². The maximum atomic E-state index is 10.6. The van der Waals surface area contributed by atoms with Crippen molar-refractivity contribution in [3.05, 3.63) is 12.2 Å². The monoisotopic (exact) mass is 172 g/mol. The molecule has 3 nitrogen and oxygen atoms in total. The molecule has 0 amide bonds. The zero-order valence-corrected chi connectivity index (χ0v) is 8.05. The van der Waals surface area contributed by atoms with E-state index in [0.29, 0.717) is 0 Å². The summed E-state index contributed by atoms with van der Waals surface area (Å²) in [5.41, 5.74) is -0.317. The molecule has 0 heterocycles. The lowest BCUT2D eigenvalue weighted by Gasteiger charge is -2.25. The second-order valence-electron chi connectivity index (χ2n) is 3.42. The van der Waals surface area contributed by atoms with E-state index in [1.807, 2.05) is 6.92 Å². The molecular formula is C9H16O3. The highest BCUT2D eigenvalue weighted by molar-refractivity contribution is 5.76. The number of aliphatic carboxylic acids is 1. The van der Waals surface area contributed by atoms with Crippen molar-refractivity contribution in [1.82, 2.24) is 0 Å². The number of hydrogen-bond acceptors (Lipinski definition) is 2. The molecule has 0 saturated carbocycles. The summed E-state index contributed by atoms with van der Waals surface area (Å²) in [7, 11) is 0. The molecule has 0 aromatic heterocycles. The summed E-state index contributed by atoms with van der Waals surface area (Å²) in [6.45, 7) is 10.3. The van der Waals surface area contributed by atoms with Gasteiger partial charge in [0.1, 0.15) is 0 Å². The Morgan fingerprint density at radius 2 is 2.00 bits per heavy atom. The number of carboxylic acids is 1. The van der Waals surface area contributed by atoms with Crippen molar-refractivity contribution < 1.29 is 14.6 Å². The van der Waals surface area contributed by atoms with Crippen LogP contribution < -0.4 is 0 Å². The van der Waals surface area contributed by atoms with Gasteiger partial charge < -0.3 is 9.84 Å². The Hall–Kier alpha value is -0.830. The SMILES string of the molecule is C=C(C)C(C)OC(C)(C)C(=O)O. The summed E-state index contributed by atoms with van der Waals surface area (Å²) in [5.74, 6) is -0.962. The van der Waals surface area contributed by atoms with Gasteiger partial charge in [0.15, 0.2) is 5.60 Å². The van der Waals surface area contributed by atoms with Crippen molar-refractivity contribution >= 4 is 5.97 Å². The fourth-order valence-electron chi connectivity index (χ4n) is 0.593. The molecule has 12 heavy (non-hydrogen) atoms. The largest absolute Gasteiger partial charge is 0.479 e. The molecule has 70 valence electrons. The fourth-order valence-corrected chi connectivity index (χ4v) is 0.593. The summed E-state index contributed by atoms with van der Waals surface area (Å²) >= 11 is 0. The van der Waals surface area contributed by atoms with E-state index in [2.05, 4.69) is 6.58 Å². The topological polar surface area (TPSA) is 46.5 Å². The minimum atomic E-state index is -1.14. The van der Waals surface area contributed by atoms with E-state index in [4.69, 9.17) is 9.84 Å². The van der Waals surface area contributed by atoms with E-state index in [1.165, 1.54) is 13.8 Å². The highest BCUT2D eigenvalue weighted by atomic mass is 16.5. The average Bonchev–Trinajstić information content (AvgIpc) is 1.85. The predicted molar refractivity (Wildman–Crippen MR) is 47.1 cm³/mol. The number of carboxylic acid groups (broad SMARTS) is 1. The molecule has 1 atom stereocenters. The maximum Gasteiger partial charge on any atom is 0.335 e. The smallest absolute Gasteiger partial charge is 0.335 e. The molecule has 1 unspecified atom stereocenters. The fraction of sp³-hybridized carbons (Fsp3) is 0.667. The van der Waals surface area contributed by atoms with Crippen molar-refractivity contribution in [3.8, 4) is 0 Å². The van der Waals surface area contributed by atoms with E-state index in [0.717, 1.165) is 5.57 Å². The first-order valence-electron chi connectivity index (χ1n) is 3.84. The van der Waals surface area contributed by atoms with Gasteiger partial charge in [-0.1, -0.05) is 12.2 Å². The third-order valence-electron chi connectivity index (χ3n) is 1.68. The van der Waals surface area contributed by atoms with Gasteiger partial charge in [0, 0.05) is 0 Å². The maximum absolute atomic E-state index is 10.6. The molecule has 3 heteroatoms. The first-order chi connectivity index (χ1) is 5.27. The van der Waals surface area contributed by atoms with Crippen molar-refractivity contribution in [2.45, 2.75) is 39.4 Å². The lowest BCUT2D eigenvalue weighted by atomic mass is 10.1. The third-order valence-corrected chi connectivity index (χ3v) is 1.68. The minimum Gasteiger partial charge on any atom is -0.479 e. The van der Waals surface area contributed by atoms with Gasteiger partial charge in [-0.05, 0) is 27.7 Å². The Morgan fingerprint density at radius 1 is 1.58 bits per heavy atom. The Bertz CT molecular complexity index is 194. The van der Waals surface area contributed by atoms with Gasteiger partial charge in [-0.15, -0.1) is 0 Å². The molecule has 0 aromatic rings. The van der Waals surface area contributed by atoms with Gasteiger partial charge in [-0.3, -0.25) is 0 Å². The van der Waals surface area contributed by atoms with Gasteiger partial charge in [-0.25, -0.2) is 4.79 Å². The Morgan fingerprint density at radius 3 is 2.25 bits per heavy atom. The van der Waals surface area contributed by atoms with Crippen LogP contribution in [0.15, 0.2) is 12.2 Å². The van der Waals surface area contributed by atoms with Gasteiger partial charge >= 0.3 is 5.97 Å². The highest BCUT2D eigenvalue weighted by Gasteiger charge is 2.30. The molecule has 0 aromatic carbocycles. The van der Waals surface area contributed by atoms with Crippen LogP contribution in [-0.4, -0.2) is 22.8 Å². The summed E-state index contributed by atoms with van der Waals surface area (Å²) in [6.07, 6.45) is -0.226. The van der Waals surface area contributed by atoms with Gasteiger partial charge in [0.25, 0.3) is 0 Å². The molecular weight excluding hydrogens is 156 g/mol. The Kier molecular flexibility index (Phi) is 3.46. The van der Waals surface area contributed by atoms with Crippen molar-refractivity contribution in [3.63, 3.8) is 0 Å². The average molecular weight is 172 g/mol. The second-order valence-corrected chi connectivity index (χ2v) is 3.42.